The molecule has 0 fully saturated rings. The molecule has 0 radical (unpaired) electrons. The zero-order valence-corrected chi connectivity index (χ0v) is 14.8. The van der Waals surface area contributed by atoms with E-state index < -0.39 is 0 Å². The van der Waals surface area contributed by atoms with Crippen molar-refractivity contribution in [3.8, 4) is 5.75 Å². The first-order chi connectivity index (χ1) is 10.4. The Balaban J connectivity index is 0.00000264. The van der Waals surface area contributed by atoms with Crippen molar-refractivity contribution < 1.29 is 9.53 Å². The van der Waals surface area contributed by atoms with Gasteiger partial charge in [-0.2, -0.15) is 0 Å². The Labute approximate surface area is 144 Å². The Hall–Kier alpha value is -1.99. The van der Waals surface area contributed by atoms with Crippen LogP contribution in [0.1, 0.15) is 17.0 Å². The van der Waals surface area contributed by atoms with Crippen LogP contribution in [-0.4, -0.2) is 17.6 Å². The number of nitrogens with two attached hydrogens (primary N) is 1. The number of amides is 1. The van der Waals surface area contributed by atoms with Crippen LogP contribution < -0.4 is 20.7 Å². The number of carbonyl (C=O) groups excluding carboxylic acids is 1. The van der Waals surface area contributed by atoms with Crippen molar-refractivity contribution in [1.29, 1.82) is 0 Å². The van der Waals surface area contributed by atoms with Crippen LogP contribution in [0.3, 0.4) is 0 Å². The smallest absolute Gasteiger partial charge is 0.307 e. The van der Waals surface area contributed by atoms with E-state index in [-0.39, 0.29) is 29.6 Å². The average Bonchev–Trinajstić information content (AvgIpc) is 2.70. The van der Waals surface area contributed by atoms with E-state index in [2.05, 4.69) is 5.32 Å². The summed E-state index contributed by atoms with van der Waals surface area (Å²) in [6, 6.07) is 5.06. The molecule has 1 aromatic heterocycles. The number of aromatic nitrogens is 1. The molecule has 0 saturated heterocycles. The number of nitrogen functional groups attached to an aromatic ring is 1. The third kappa shape index (κ3) is 4.49. The lowest BCUT2D eigenvalue weighted by Gasteiger charge is -2.09. The van der Waals surface area contributed by atoms with Crippen molar-refractivity contribution in [1.82, 2.24) is 4.57 Å². The highest BCUT2D eigenvalue weighted by Crippen LogP contribution is 2.24. The number of aryl methyl sites for hydroxylation is 1. The topological polar surface area (TPSA) is 86.3 Å². The molecule has 0 spiro atoms. The van der Waals surface area contributed by atoms with E-state index in [1.54, 1.807) is 22.8 Å². The lowest BCUT2D eigenvalue weighted by atomic mass is 10.2. The van der Waals surface area contributed by atoms with Gasteiger partial charge in [-0.05, 0) is 32.0 Å². The summed E-state index contributed by atoms with van der Waals surface area (Å²) in [5, 5.41) is 2.76. The van der Waals surface area contributed by atoms with Gasteiger partial charge < -0.3 is 20.4 Å². The standard InChI is InChI=1S/C15H19N3O3S.ClH/c1-9-10(2)22-15(20)18(9)7-6-14(19)17-11-4-5-13(21-3)12(16)8-11;/h4-5,8H,6-7,16H2,1-3H3,(H,17,19);1H. The Morgan fingerprint density at radius 2 is 2.09 bits per heavy atom. The molecule has 0 unspecified atom stereocenters. The molecule has 3 N–H and O–H groups in total. The second-order valence-electron chi connectivity index (χ2n) is 4.92. The molecule has 2 rings (SSSR count). The number of ether oxygens (including phenoxy) is 1. The molecule has 23 heavy (non-hydrogen) atoms. The van der Waals surface area contributed by atoms with Crippen LogP contribution >= 0.6 is 23.7 Å². The number of hydrogen-bond donors (Lipinski definition) is 2. The second kappa shape index (κ2) is 8.03. The van der Waals surface area contributed by atoms with Gasteiger partial charge in [-0.3, -0.25) is 9.59 Å². The average molecular weight is 358 g/mol. The van der Waals surface area contributed by atoms with Gasteiger partial charge in [0.25, 0.3) is 0 Å². The number of anilines is 2. The monoisotopic (exact) mass is 357 g/mol. The molecule has 1 heterocycles. The normalized spacial score (nSPS) is 10.0. The molecule has 0 saturated carbocycles. The van der Waals surface area contributed by atoms with Gasteiger partial charge in [0, 0.05) is 29.2 Å². The first-order valence-corrected chi connectivity index (χ1v) is 7.64. The Morgan fingerprint density at radius 3 is 2.61 bits per heavy atom. The van der Waals surface area contributed by atoms with E-state index >= 15 is 0 Å². The minimum atomic E-state index is -0.167. The largest absolute Gasteiger partial charge is 0.495 e. The summed E-state index contributed by atoms with van der Waals surface area (Å²) in [6.45, 7) is 4.15. The number of carbonyl (C=O) groups is 1. The maximum absolute atomic E-state index is 12.0. The molecule has 1 aromatic carbocycles. The quantitative estimate of drug-likeness (QED) is 0.805. The molecule has 1 amide bonds. The van der Waals surface area contributed by atoms with Crippen molar-refractivity contribution >= 4 is 41.0 Å². The van der Waals surface area contributed by atoms with E-state index in [4.69, 9.17) is 10.5 Å². The van der Waals surface area contributed by atoms with Crippen molar-refractivity contribution in [3.05, 3.63) is 38.4 Å². The third-order valence-corrected chi connectivity index (χ3v) is 4.45. The fourth-order valence-corrected chi connectivity index (χ4v) is 2.95. The number of hydrogen-bond acceptors (Lipinski definition) is 5. The van der Waals surface area contributed by atoms with E-state index in [0.717, 1.165) is 10.6 Å². The van der Waals surface area contributed by atoms with Gasteiger partial charge in [0.1, 0.15) is 5.75 Å². The van der Waals surface area contributed by atoms with Gasteiger partial charge in [0.05, 0.1) is 12.8 Å². The fraction of sp³-hybridized carbons (Fsp3) is 0.333. The summed E-state index contributed by atoms with van der Waals surface area (Å²) < 4.78 is 6.69. The van der Waals surface area contributed by atoms with Gasteiger partial charge in [-0.1, -0.05) is 11.3 Å². The molecule has 126 valence electrons. The minimum absolute atomic E-state index is 0. The zero-order valence-electron chi connectivity index (χ0n) is 13.2. The van der Waals surface area contributed by atoms with Gasteiger partial charge in [-0.25, -0.2) is 0 Å². The summed E-state index contributed by atoms with van der Waals surface area (Å²) in [4.78, 5) is 24.7. The summed E-state index contributed by atoms with van der Waals surface area (Å²) in [5.41, 5.74) is 7.77. The van der Waals surface area contributed by atoms with E-state index in [0.29, 0.717) is 23.7 Å². The van der Waals surface area contributed by atoms with Crippen LogP contribution in [0, 0.1) is 13.8 Å². The number of methoxy groups -OCH3 is 1. The number of benzene rings is 1. The van der Waals surface area contributed by atoms with Gasteiger partial charge in [-0.15, -0.1) is 12.4 Å². The molecule has 2 aromatic rings. The number of halogens is 1. The number of nitrogens with one attached hydrogen (secondary N) is 1. The van der Waals surface area contributed by atoms with Gasteiger partial charge in [0.2, 0.25) is 5.91 Å². The Bertz CT molecular complexity index is 755. The predicted octanol–water partition coefficient (Wildman–Crippen LogP) is 2.57. The first kappa shape index (κ1) is 19.1. The highest BCUT2D eigenvalue weighted by atomic mass is 35.5. The van der Waals surface area contributed by atoms with Crippen LogP contribution in [0.25, 0.3) is 0 Å². The molecular weight excluding hydrogens is 338 g/mol. The summed E-state index contributed by atoms with van der Waals surface area (Å²) in [7, 11) is 1.53. The maximum Gasteiger partial charge on any atom is 0.307 e. The van der Waals surface area contributed by atoms with E-state index in [9.17, 15) is 9.59 Å². The SMILES string of the molecule is COc1ccc(NC(=O)CCn2c(C)c(C)sc2=O)cc1N.Cl. The van der Waals surface area contributed by atoms with Crippen LogP contribution in [0.5, 0.6) is 5.75 Å². The molecule has 8 heteroatoms. The molecule has 0 aliphatic heterocycles. The lowest BCUT2D eigenvalue weighted by Crippen LogP contribution is -2.20. The molecular formula is C15H20ClN3O3S. The van der Waals surface area contributed by atoms with Gasteiger partial charge >= 0.3 is 4.87 Å². The van der Waals surface area contributed by atoms with Crippen molar-refractivity contribution in [3.63, 3.8) is 0 Å². The van der Waals surface area contributed by atoms with Crippen molar-refractivity contribution in [2.45, 2.75) is 26.8 Å². The maximum atomic E-state index is 12.0. The lowest BCUT2D eigenvalue weighted by molar-refractivity contribution is -0.116. The van der Waals surface area contributed by atoms with Crippen molar-refractivity contribution in [2.24, 2.45) is 0 Å². The number of rotatable bonds is 5. The van der Waals surface area contributed by atoms with Crippen LogP contribution in [0.4, 0.5) is 11.4 Å². The predicted molar refractivity (Wildman–Crippen MR) is 96.0 cm³/mol. The molecule has 6 nitrogen and oxygen atoms in total. The third-order valence-electron chi connectivity index (χ3n) is 3.45. The molecule has 0 atom stereocenters. The number of nitrogens with zero attached hydrogens (tertiary/aromatic N) is 1. The van der Waals surface area contributed by atoms with Crippen LogP contribution in [-0.2, 0) is 11.3 Å². The second-order valence-corrected chi connectivity index (χ2v) is 6.08. The summed E-state index contributed by atoms with van der Waals surface area (Å²) in [5.74, 6) is 0.397. The van der Waals surface area contributed by atoms with Gasteiger partial charge in [0.15, 0.2) is 0 Å². The fourth-order valence-electron chi connectivity index (χ4n) is 2.09. The van der Waals surface area contributed by atoms with E-state index in [1.807, 2.05) is 13.8 Å². The molecule has 0 aliphatic carbocycles. The van der Waals surface area contributed by atoms with Crippen LogP contribution in [0.2, 0.25) is 0 Å². The Kier molecular flexibility index (Phi) is 6.65. The zero-order chi connectivity index (χ0) is 16.3. The highest BCUT2D eigenvalue weighted by molar-refractivity contribution is 7.09. The minimum Gasteiger partial charge on any atom is -0.495 e. The molecule has 0 bridgehead atoms. The van der Waals surface area contributed by atoms with Crippen molar-refractivity contribution in [2.75, 3.05) is 18.2 Å². The highest BCUT2D eigenvalue weighted by Gasteiger charge is 2.10. The summed E-state index contributed by atoms with van der Waals surface area (Å²) >= 11 is 1.20. The first-order valence-electron chi connectivity index (χ1n) is 6.82. The molecule has 0 aliphatic rings. The van der Waals surface area contributed by atoms with E-state index in [1.165, 1.54) is 18.4 Å². The number of thiazole rings is 1. The Morgan fingerprint density at radius 1 is 1.39 bits per heavy atom. The summed E-state index contributed by atoms with van der Waals surface area (Å²) in [6.07, 6.45) is 0.225. The van der Waals surface area contributed by atoms with Crippen LogP contribution in [0.15, 0.2) is 23.0 Å².